The first-order chi connectivity index (χ1) is 11.4. The second kappa shape index (κ2) is 8.43. The van der Waals surface area contributed by atoms with Gasteiger partial charge in [0, 0.05) is 18.2 Å². The van der Waals surface area contributed by atoms with Crippen LogP contribution in [0.15, 0.2) is 45.7 Å². The number of benzene rings is 1. The summed E-state index contributed by atoms with van der Waals surface area (Å²) in [6.07, 6.45) is 0.702. The molecule has 0 bridgehead atoms. The Hall–Kier alpha value is -1.67. The molecule has 1 heterocycles. The van der Waals surface area contributed by atoms with Crippen molar-refractivity contribution < 1.29 is 17.9 Å². The molecule has 6 nitrogen and oxygen atoms in total. The Kier molecular flexibility index (Phi) is 6.56. The van der Waals surface area contributed by atoms with E-state index in [1.54, 1.807) is 38.1 Å². The highest BCUT2D eigenvalue weighted by atomic mass is 32.2. The molecular formula is C17H24N2O4S. The van der Waals surface area contributed by atoms with Gasteiger partial charge < -0.3 is 14.8 Å². The second-order valence-corrected chi connectivity index (χ2v) is 7.53. The van der Waals surface area contributed by atoms with Crippen molar-refractivity contribution in [3.8, 4) is 11.3 Å². The molecule has 1 aromatic carbocycles. The average Bonchev–Trinajstić information content (AvgIpc) is 2.99. The number of furan rings is 1. The largest absolute Gasteiger partial charge is 0.460 e. The zero-order valence-corrected chi connectivity index (χ0v) is 14.8. The fraction of sp³-hybridized carbons (Fsp3) is 0.412. The van der Waals surface area contributed by atoms with E-state index in [0.717, 1.165) is 17.9 Å². The lowest BCUT2D eigenvalue weighted by Gasteiger charge is -2.09. The number of aliphatic hydroxyl groups is 1. The van der Waals surface area contributed by atoms with Gasteiger partial charge in [-0.1, -0.05) is 0 Å². The molecule has 0 aliphatic heterocycles. The van der Waals surface area contributed by atoms with E-state index in [1.165, 1.54) is 0 Å². The first-order valence-corrected chi connectivity index (χ1v) is 9.44. The van der Waals surface area contributed by atoms with E-state index in [-0.39, 0.29) is 17.5 Å². The average molecular weight is 352 g/mol. The standard InChI is InChI=1S/C17H24N2O4S/c1-13(2)19-24(21,22)16-7-4-14(5-8-16)17-9-6-15(23-17)12-18-10-3-11-20/h4-9,13,18-20H,3,10-12H2,1-2H3. The molecule has 24 heavy (non-hydrogen) atoms. The Labute approximate surface area is 142 Å². The van der Waals surface area contributed by atoms with Crippen LogP contribution in [0.3, 0.4) is 0 Å². The lowest BCUT2D eigenvalue weighted by atomic mass is 10.2. The molecule has 0 aliphatic carbocycles. The summed E-state index contributed by atoms with van der Waals surface area (Å²) in [6, 6.07) is 10.2. The van der Waals surface area contributed by atoms with Crippen LogP contribution in [0.5, 0.6) is 0 Å². The van der Waals surface area contributed by atoms with Gasteiger partial charge in [0.15, 0.2) is 0 Å². The van der Waals surface area contributed by atoms with E-state index in [0.29, 0.717) is 18.7 Å². The van der Waals surface area contributed by atoms with Gasteiger partial charge in [0.25, 0.3) is 0 Å². The minimum absolute atomic E-state index is 0.152. The fourth-order valence-corrected chi connectivity index (χ4v) is 3.47. The van der Waals surface area contributed by atoms with Crippen molar-refractivity contribution in [2.45, 2.75) is 37.8 Å². The summed E-state index contributed by atoms with van der Waals surface area (Å²) < 4.78 is 32.5. The molecule has 0 saturated heterocycles. The Morgan fingerprint density at radius 2 is 1.83 bits per heavy atom. The first-order valence-electron chi connectivity index (χ1n) is 7.95. The minimum atomic E-state index is -3.48. The van der Waals surface area contributed by atoms with Crippen molar-refractivity contribution in [1.29, 1.82) is 0 Å². The summed E-state index contributed by atoms with van der Waals surface area (Å²) in [4.78, 5) is 0.234. The summed E-state index contributed by atoms with van der Waals surface area (Å²) in [7, 11) is -3.48. The first kappa shape index (κ1) is 18.7. The third kappa shape index (κ3) is 5.17. The maximum atomic E-state index is 12.1. The van der Waals surface area contributed by atoms with E-state index in [1.807, 2.05) is 12.1 Å². The van der Waals surface area contributed by atoms with Crippen LogP contribution in [-0.2, 0) is 16.6 Å². The van der Waals surface area contributed by atoms with E-state index >= 15 is 0 Å². The van der Waals surface area contributed by atoms with Crippen LogP contribution in [0.1, 0.15) is 26.0 Å². The zero-order chi connectivity index (χ0) is 17.6. The molecule has 2 aromatic rings. The van der Waals surface area contributed by atoms with Gasteiger partial charge in [0.05, 0.1) is 11.4 Å². The third-order valence-corrected chi connectivity index (χ3v) is 4.99. The van der Waals surface area contributed by atoms with Gasteiger partial charge >= 0.3 is 0 Å². The molecule has 3 N–H and O–H groups in total. The molecule has 0 aliphatic rings. The van der Waals surface area contributed by atoms with Crippen molar-refractivity contribution in [2.75, 3.05) is 13.2 Å². The monoisotopic (exact) mass is 352 g/mol. The SMILES string of the molecule is CC(C)NS(=O)(=O)c1ccc(-c2ccc(CNCCCO)o2)cc1. The molecule has 132 valence electrons. The topological polar surface area (TPSA) is 91.6 Å². The predicted octanol–water partition coefficient (Wildman–Crippen LogP) is 2.11. The lowest BCUT2D eigenvalue weighted by Crippen LogP contribution is -2.30. The van der Waals surface area contributed by atoms with Gasteiger partial charge in [0.1, 0.15) is 11.5 Å². The van der Waals surface area contributed by atoms with Crippen molar-refractivity contribution in [1.82, 2.24) is 10.0 Å². The number of nitrogens with one attached hydrogen (secondary N) is 2. The predicted molar refractivity (Wildman–Crippen MR) is 93.0 cm³/mol. The van der Waals surface area contributed by atoms with E-state index in [2.05, 4.69) is 10.0 Å². The van der Waals surface area contributed by atoms with Crippen LogP contribution in [0.2, 0.25) is 0 Å². The summed E-state index contributed by atoms with van der Waals surface area (Å²) in [5.74, 6) is 1.48. The minimum Gasteiger partial charge on any atom is -0.460 e. The Bertz CT molecular complexity index is 736. The maximum absolute atomic E-state index is 12.1. The van der Waals surface area contributed by atoms with Gasteiger partial charge in [-0.25, -0.2) is 13.1 Å². The fourth-order valence-electron chi connectivity index (χ4n) is 2.22. The quantitative estimate of drug-likeness (QED) is 0.601. The van der Waals surface area contributed by atoms with Crippen LogP contribution in [0, 0.1) is 0 Å². The van der Waals surface area contributed by atoms with Crippen molar-refractivity contribution in [3.05, 3.63) is 42.2 Å². The number of hydrogen-bond donors (Lipinski definition) is 3. The van der Waals surface area contributed by atoms with Gasteiger partial charge in [-0.05, 0) is 63.2 Å². The van der Waals surface area contributed by atoms with Crippen LogP contribution in [0.25, 0.3) is 11.3 Å². The smallest absolute Gasteiger partial charge is 0.240 e. The zero-order valence-electron chi connectivity index (χ0n) is 14.0. The number of rotatable bonds is 9. The van der Waals surface area contributed by atoms with Crippen LogP contribution >= 0.6 is 0 Å². The van der Waals surface area contributed by atoms with Gasteiger partial charge in [-0.3, -0.25) is 0 Å². The molecule has 0 saturated carbocycles. The van der Waals surface area contributed by atoms with E-state index in [9.17, 15) is 8.42 Å². The molecule has 7 heteroatoms. The Morgan fingerprint density at radius 1 is 1.12 bits per heavy atom. The van der Waals surface area contributed by atoms with Crippen LogP contribution in [0.4, 0.5) is 0 Å². The van der Waals surface area contributed by atoms with Gasteiger partial charge in [0.2, 0.25) is 10.0 Å². The van der Waals surface area contributed by atoms with Crippen LogP contribution in [-0.4, -0.2) is 32.7 Å². The molecule has 1 aromatic heterocycles. The van der Waals surface area contributed by atoms with Gasteiger partial charge in [-0.2, -0.15) is 0 Å². The summed E-state index contributed by atoms with van der Waals surface area (Å²) in [5, 5.41) is 11.9. The Balaban J connectivity index is 2.04. The van der Waals surface area contributed by atoms with Crippen LogP contribution < -0.4 is 10.0 Å². The molecule has 2 rings (SSSR count). The number of aliphatic hydroxyl groups excluding tert-OH is 1. The highest BCUT2D eigenvalue weighted by molar-refractivity contribution is 7.89. The summed E-state index contributed by atoms with van der Waals surface area (Å²) in [6.45, 7) is 5.04. The summed E-state index contributed by atoms with van der Waals surface area (Å²) >= 11 is 0. The van der Waals surface area contributed by atoms with Crippen molar-refractivity contribution in [2.24, 2.45) is 0 Å². The maximum Gasteiger partial charge on any atom is 0.240 e. The molecule has 0 spiro atoms. The highest BCUT2D eigenvalue weighted by Gasteiger charge is 2.15. The normalized spacial score (nSPS) is 12.0. The highest BCUT2D eigenvalue weighted by Crippen LogP contribution is 2.23. The number of hydrogen-bond acceptors (Lipinski definition) is 5. The van der Waals surface area contributed by atoms with E-state index < -0.39 is 10.0 Å². The second-order valence-electron chi connectivity index (χ2n) is 5.82. The molecule has 0 unspecified atom stereocenters. The lowest BCUT2D eigenvalue weighted by molar-refractivity contribution is 0.285. The molecule has 0 fully saturated rings. The van der Waals surface area contributed by atoms with Gasteiger partial charge in [-0.15, -0.1) is 0 Å². The van der Waals surface area contributed by atoms with Crippen molar-refractivity contribution in [3.63, 3.8) is 0 Å². The van der Waals surface area contributed by atoms with Crippen molar-refractivity contribution >= 4 is 10.0 Å². The molecular weight excluding hydrogens is 328 g/mol. The third-order valence-electron chi connectivity index (χ3n) is 3.31. The molecule has 0 atom stereocenters. The molecule has 0 amide bonds. The summed E-state index contributed by atoms with van der Waals surface area (Å²) in [5.41, 5.74) is 0.820. The van der Waals surface area contributed by atoms with E-state index in [4.69, 9.17) is 9.52 Å². The molecule has 0 radical (unpaired) electrons. The number of sulfonamides is 1. The Morgan fingerprint density at radius 3 is 2.46 bits per heavy atom.